The van der Waals surface area contributed by atoms with Gasteiger partial charge in [0.15, 0.2) is 0 Å². The van der Waals surface area contributed by atoms with E-state index in [1.54, 1.807) is 25.2 Å². The van der Waals surface area contributed by atoms with Crippen LogP contribution < -0.4 is 16.8 Å². The van der Waals surface area contributed by atoms with Gasteiger partial charge in [-0.25, -0.2) is 0 Å². The summed E-state index contributed by atoms with van der Waals surface area (Å²) in [5.41, 5.74) is 14.5. The lowest BCUT2D eigenvalue weighted by Crippen LogP contribution is -2.15. The minimum Gasteiger partial charge on any atom is -0.398 e. The van der Waals surface area contributed by atoms with E-state index in [2.05, 4.69) is 16.4 Å². The molecule has 6 heteroatoms. The number of fused-ring (bicyclic) bond motifs is 1. The molecular formula is C19H22N4O2. The van der Waals surface area contributed by atoms with Gasteiger partial charge in [0.25, 0.3) is 5.91 Å². The second-order valence-corrected chi connectivity index (χ2v) is 5.45. The molecule has 1 aromatic heterocycles. The van der Waals surface area contributed by atoms with Crippen LogP contribution in [0.5, 0.6) is 0 Å². The Balaban J connectivity index is 0.000000181. The van der Waals surface area contributed by atoms with Crippen LogP contribution in [0.1, 0.15) is 22.3 Å². The van der Waals surface area contributed by atoms with Crippen molar-refractivity contribution in [3.8, 4) is 0 Å². The normalized spacial score (nSPS) is 9.96. The maximum atomic E-state index is 10.9. The summed E-state index contributed by atoms with van der Waals surface area (Å²) in [6.45, 7) is 0. The number of nitrogens with two attached hydrogens (primary N) is 2. The molecular weight excluding hydrogens is 316 g/mol. The largest absolute Gasteiger partial charge is 0.398 e. The lowest BCUT2D eigenvalue weighted by Gasteiger charge is -2.07. The fourth-order valence-corrected chi connectivity index (χ4v) is 2.61. The molecule has 130 valence electrons. The van der Waals surface area contributed by atoms with Gasteiger partial charge >= 0.3 is 0 Å². The quantitative estimate of drug-likeness (QED) is 0.423. The summed E-state index contributed by atoms with van der Waals surface area (Å²) < 4.78 is 0. The molecule has 0 spiro atoms. The van der Waals surface area contributed by atoms with Crippen LogP contribution in [-0.4, -0.2) is 24.2 Å². The van der Waals surface area contributed by atoms with Crippen LogP contribution in [0.2, 0.25) is 0 Å². The number of H-pyrrole nitrogens is 1. The first-order valence-electron chi connectivity index (χ1n) is 7.93. The van der Waals surface area contributed by atoms with Gasteiger partial charge in [0.05, 0.1) is 5.56 Å². The summed E-state index contributed by atoms with van der Waals surface area (Å²) in [6.07, 6.45) is 4.37. The van der Waals surface area contributed by atoms with E-state index in [0.717, 1.165) is 18.2 Å². The first-order valence-corrected chi connectivity index (χ1v) is 7.93. The highest BCUT2D eigenvalue weighted by Crippen LogP contribution is 2.20. The number of aldehydes is 1. The van der Waals surface area contributed by atoms with Crippen molar-refractivity contribution in [1.82, 2.24) is 4.98 Å². The summed E-state index contributed by atoms with van der Waals surface area (Å²) in [4.78, 5) is 24.3. The number of nitrogen functional groups attached to an aromatic ring is 1. The highest BCUT2D eigenvalue weighted by Gasteiger charge is 2.09. The lowest BCUT2D eigenvalue weighted by molar-refractivity contribution is -0.107. The van der Waals surface area contributed by atoms with Crippen LogP contribution in [0.25, 0.3) is 10.9 Å². The van der Waals surface area contributed by atoms with Gasteiger partial charge in [-0.2, -0.15) is 0 Å². The van der Waals surface area contributed by atoms with Gasteiger partial charge in [-0.05, 0) is 30.2 Å². The smallest absolute Gasteiger partial charge is 0.252 e. The molecule has 6 nitrogen and oxygen atoms in total. The number of amides is 1. The number of nitrogens with one attached hydrogen (secondary N) is 2. The SMILES string of the molecule is CNc1cccc(N)c1C(N)=O.O=CCCc1c[nH]c2ccccc12. The van der Waals surface area contributed by atoms with E-state index in [-0.39, 0.29) is 0 Å². The number of para-hydroxylation sites is 1. The van der Waals surface area contributed by atoms with Crippen LogP contribution in [0.3, 0.4) is 0 Å². The van der Waals surface area contributed by atoms with Crippen molar-refractivity contribution >= 4 is 34.5 Å². The lowest BCUT2D eigenvalue weighted by atomic mass is 10.1. The number of carbonyl (C=O) groups is 2. The number of aromatic nitrogens is 1. The van der Waals surface area contributed by atoms with Gasteiger partial charge in [-0.3, -0.25) is 4.79 Å². The van der Waals surface area contributed by atoms with Crippen LogP contribution in [-0.2, 0) is 11.2 Å². The zero-order chi connectivity index (χ0) is 18.2. The van der Waals surface area contributed by atoms with Gasteiger partial charge in [-0.1, -0.05) is 24.3 Å². The average molecular weight is 338 g/mol. The highest BCUT2D eigenvalue weighted by molar-refractivity contribution is 6.03. The van der Waals surface area contributed by atoms with Gasteiger partial charge in [0, 0.05) is 41.9 Å². The second kappa shape index (κ2) is 8.54. The third-order valence-corrected chi connectivity index (χ3v) is 3.82. The number of benzene rings is 2. The molecule has 0 bridgehead atoms. The van der Waals surface area contributed by atoms with Crippen LogP contribution in [0.4, 0.5) is 11.4 Å². The minimum absolute atomic E-state index is 0.347. The fourth-order valence-electron chi connectivity index (χ4n) is 2.61. The number of aromatic amines is 1. The Morgan fingerprint density at radius 1 is 1.20 bits per heavy atom. The van der Waals surface area contributed by atoms with Gasteiger partial charge < -0.3 is 26.6 Å². The van der Waals surface area contributed by atoms with Crippen molar-refractivity contribution in [2.24, 2.45) is 5.73 Å². The van der Waals surface area contributed by atoms with Crippen molar-refractivity contribution in [1.29, 1.82) is 0 Å². The second-order valence-electron chi connectivity index (χ2n) is 5.45. The zero-order valence-electron chi connectivity index (χ0n) is 14.1. The Bertz CT molecular complexity index is 871. The Hall–Kier alpha value is -3.28. The minimum atomic E-state index is -0.516. The summed E-state index contributed by atoms with van der Waals surface area (Å²) in [5, 5.41) is 4.06. The molecule has 2 aromatic carbocycles. The van der Waals surface area contributed by atoms with Gasteiger partial charge in [-0.15, -0.1) is 0 Å². The third-order valence-electron chi connectivity index (χ3n) is 3.82. The molecule has 6 N–H and O–H groups in total. The summed E-state index contributed by atoms with van der Waals surface area (Å²) >= 11 is 0. The first kappa shape index (κ1) is 18.1. The molecule has 0 aliphatic heterocycles. The Morgan fingerprint density at radius 2 is 1.96 bits per heavy atom. The Kier molecular flexibility index (Phi) is 6.17. The summed E-state index contributed by atoms with van der Waals surface area (Å²) in [5.74, 6) is -0.516. The first-order chi connectivity index (χ1) is 12.1. The zero-order valence-corrected chi connectivity index (χ0v) is 14.1. The van der Waals surface area contributed by atoms with E-state index in [0.29, 0.717) is 23.4 Å². The van der Waals surface area contributed by atoms with E-state index in [1.807, 2.05) is 24.4 Å². The van der Waals surface area contributed by atoms with Crippen molar-refractivity contribution in [2.75, 3.05) is 18.1 Å². The number of hydrogen-bond donors (Lipinski definition) is 4. The molecule has 1 amide bonds. The number of hydrogen-bond acceptors (Lipinski definition) is 4. The monoisotopic (exact) mass is 338 g/mol. The van der Waals surface area contributed by atoms with E-state index < -0.39 is 5.91 Å². The molecule has 0 saturated carbocycles. The number of primary amides is 1. The predicted molar refractivity (Wildman–Crippen MR) is 102 cm³/mol. The van der Waals surface area contributed by atoms with E-state index in [4.69, 9.17) is 11.5 Å². The van der Waals surface area contributed by atoms with Crippen molar-refractivity contribution in [2.45, 2.75) is 12.8 Å². The molecule has 0 unspecified atom stereocenters. The predicted octanol–water partition coefficient (Wildman–Crippen LogP) is 2.71. The number of aryl methyl sites for hydroxylation is 1. The van der Waals surface area contributed by atoms with Crippen molar-refractivity contribution in [3.63, 3.8) is 0 Å². The number of carbonyl (C=O) groups excluding carboxylic acids is 2. The highest BCUT2D eigenvalue weighted by atomic mass is 16.1. The Morgan fingerprint density at radius 3 is 2.60 bits per heavy atom. The van der Waals surface area contributed by atoms with E-state index >= 15 is 0 Å². The van der Waals surface area contributed by atoms with E-state index in [1.165, 1.54) is 10.9 Å². The fraction of sp³-hybridized carbons (Fsp3) is 0.158. The molecule has 0 saturated heterocycles. The standard InChI is InChI=1S/C11H11NO.C8H11N3O/c13-7-3-4-9-8-12-11-6-2-1-5-10(9)11;1-11-6-4-2-3-5(9)7(6)8(10)12/h1-2,5-8,12H,3-4H2;2-4,11H,9H2,1H3,(H2,10,12). The van der Waals surface area contributed by atoms with Crippen molar-refractivity contribution < 1.29 is 9.59 Å². The molecule has 0 aliphatic rings. The molecule has 0 atom stereocenters. The van der Waals surface area contributed by atoms with Crippen LogP contribution >= 0.6 is 0 Å². The van der Waals surface area contributed by atoms with Gasteiger partial charge in [0.1, 0.15) is 6.29 Å². The molecule has 25 heavy (non-hydrogen) atoms. The summed E-state index contributed by atoms with van der Waals surface area (Å²) in [7, 11) is 1.71. The Labute approximate surface area is 146 Å². The van der Waals surface area contributed by atoms with Crippen LogP contribution in [0.15, 0.2) is 48.7 Å². The summed E-state index contributed by atoms with van der Waals surface area (Å²) in [6, 6.07) is 13.3. The molecule has 0 fully saturated rings. The molecule has 0 aliphatic carbocycles. The maximum absolute atomic E-state index is 10.9. The molecule has 3 rings (SSSR count). The van der Waals surface area contributed by atoms with E-state index in [9.17, 15) is 9.59 Å². The van der Waals surface area contributed by atoms with Crippen LogP contribution in [0, 0.1) is 0 Å². The average Bonchev–Trinajstić information content (AvgIpc) is 3.03. The number of rotatable bonds is 5. The maximum Gasteiger partial charge on any atom is 0.252 e. The van der Waals surface area contributed by atoms with Crippen molar-refractivity contribution in [3.05, 3.63) is 59.8 Å². The third kappa shape index (κ3) is 4.38. The molecule has 1 heterocycles. The topological polar surface area (TPSA) is 114 Å². The number of anilines is 2. The molecule has 0 radical (unpaired) electrons. The molecule has 3 aromatic rings. The van der Waals surface area contributed by atoms with Gasteiger partial charge in [0.2, 0.25) is 0 Å².